The molecular formula is C27H33ClFNO4. The maximum absolute atomic E-state index is 14.1. The Hall–Kier alpha value is -2.60. The molecule has 1 amide bonds. The van der Waals surface area contributed by atoms with Crippen molar-refractivity contribution in [1.29, 1.82) is 0 Å². The number of amides is 1. The molecule has 34 heavy (non-hydrogen) atoms. The molecule has 0 saturated heterocycles. The third kappa shape index (κ3) is 6.72. The van der Waals surface area contributed by atoms with E-state index in [0.717, 1.165) is 31.2 Å². The normalized spacial score (nSPS) is 16.4. The lowest BCUT2D eigenvalue weighted by Crippen LogP contribution is -2.44. The van der Waals surface area contributed by atoms with Crippen LogP contribution in [0.4, 0.5) is 9.18 Å². The third-order valence-electron chi connectivity index (χ3n) is 6.67. The number of carbonyl (C=O) groups excluding carboxylic acids is 2. The van der Waals surface area contributed by atoms with Crippen molar-refractivity contribution in [3.8, 4) is 0 Å². The monoisotopic (exact) mass is 489 g/mol. The number of hydrogen-bond acceptors (Lipinski definition) is 4. The Morgan fingerprint density at radius 3 is 2.47 bits per heavy atom. The predicted molar refractivity (Wildman–Crippen MR) is 130 cm³/mol. The molecule has 1 fully saturated rings. The van der Waals surface area contributed by atoms with Crippen molar-refractivity contribution in [2.45, 2.75) is 69.9 Å². The SMILES string of the molecule is COC(=O)[C@H](CC1CCCCC1)NC(=O)OC(c1cccc(F)c1)C(C)(C)c1cccc(Cl)c1. The van der Waals surface area contributed by atoms with Crippen LogP contribution in [-0.2, 0) is 19.7 Å². The molecule has 0 radical (unpaired) electrons. The van der Waals surface area contributed by atoms with Crippen LogP contribution in [0.2, 0.25) is 5.02 Å². The summed E-state index contributed by atoms with van der Waals surface area (Å²) >= 11 is 6.21. The molecule has 1 saturated carbocycles. The van der Waals surface area contributed by atoms with Gasteiger partial charge in [0.1, 0.15) is 18.0 Å². The molecule has 1 aliphatic carbocycles. The number of esters is 1. The summed E-state index contributed by atoms with van der Waals surface area (Å²) in [4.78, 5) is 25.5. The second kappa shape index (κ2) is 11.7. The van der Waals surface area contributed by atoms with E-state index < -0.39 is 35.4 Å². The fraction of sp³-hybridized carbons (Fsp3) is 0.481. The average molecular weight is 490 g/mol. The molecule has 2 aromatic rings. The van der Waals surface area contributed by atoms with Crippen molar-refractivity contribution in [1.82, 2.24) is 5.32 Å². The van der Waals surface area contributed by atoms with Crippen LogP contribution in [0, 0.1) is 11.7 Å². The molecular weight excluding hydrogens is 457 g/mol. The largest absolute Gasteiger partial charge is 0.467 e. The maximum atomic E-state index is 14.1. The smallest absolute Gasteiger partial charge is 0.408 e. The van der Waals surface area contributed by atoms with Crippen molar-refractivity contribution in [2.75, 3.05) is 7.11 Å². The number of alkyl carbamates (subject to hydrolysis) is 1. The van der Waals surface area contributed by atoms with Gasteiger partial charge in [0.2, 0.25) is 0 Å². The van der Waals surface area contributed by atoms with E-state index in [9.17, 15) is 14.0 Å². The maximum Gasteiger partial charge on any atom is 0.408 e. The van der Waals surface area contributed by atoms with Gasteiger partial charge in [-0.25, -0.2) is 14.0 Å². The van der Waals surface area contributed by atoms with Gasteiger partial charge in [-0.2, -0.15) is 0 Å². The van der Waals surface area contributed by atoms with E-state index in [1.807, 2.05) is 26.0 Å². The lowest BCUT2D eigenvalue weighted by molar-refractivity contribution is -0.143. The van der Waals surface area contributed by atoms with E-state index in [1.165, 1.54) is 25.7 Å². The standard InChI is InChI=1S/C27H33ClFNO4/c1-27(2,20-12-8-13-21(28)17-20)24(19-11-7-14-22(29)16-19)34-26(32)30-23(25(31)33-3)15-18-9-5-4-6-10-18/h7-8,11-14,16-18,23-24H,4-6,9-10,15H2,1-3H3,(H,30,32)/t23-,24?/m0/s1. The summed E-state index contributed by atoms with van der Waals surface area (Å²) in [6.07, 6.45) is 4.41. The first kappa shape index (κ1) is 26.0. The highest BCUT2D eigenvalue weighted by Crippen LogP contribution is 2.40. The van der Waals surface area contributed by atoms with E-state index in [2.05, 4.69) is 5.32 Å². The zero-order valence-corrected chi connectivity index (χ0v) is 20.7. The fourth-order valence-corrected chi connectivity index (χ4v) is 4.93. The van der Waals surface area contributed by atoms with Crippen LogP contribution in [0.15, 0.2) is 48.5 Å². The Balaban J connectivity index is 1.84. The van der Waals surface area contributed by atoms with Gasteiger partial charge in [0.05, 0.1) is 7.11 Å². The van der Waals surface area contributed by atoms with Crippen LogP contribution in [0.5, 0.6) is 0 Å². The number of ether oxygens (including phenoxy) is 2. The van der Waals surface area contributed by atoms with Gasteiger partial charge in [-0.1, -0.05) is 81.8 Å². The third-order valence-corrected chi connectivity index (χ3v) is 6.91. The highest BCUT2D eigenvalue weighted by atomic mass is 35.5. The van der Waals surface area contributed by atoms with Crippen LogP contribution >= 0.6 is 11.6 Å². The first-order valence-corrected chi connectivity index (χ1v) is 12.1. The predicted octanol–water partition coefficient (Wildman–Crippen LogP) is 6.74. The van der Waals surface area contributed by atoms with E-state index >= 15 is 0 Å². The molecule has 1 N–H and O–H groups in total. The summed E-state index contributed by atoms with van der Waals surface area (Å²) < 4.78 is 24.9. The Kier molecular flexibility index (Phi) is 8.95. The minimum Gasteiger partial charge on any atom is -0.467 e. The zero-order chi connectivity index (χ0) is 24.7. The molecule has 0 aliphatic heterocycles. The average Bonchev–Trinajstić information content (AvgIpc) is 2.82. The number of carbonyl (C=O) groups is 2. The summed E-state index contributed by atoms with van der Waals surface area (Å²) in [5.41, 5.74) is 0.580. The highest BCUT2D eigenvalue weighted by molar-refractivity contribution is 6.30. The Labute approximate surface area is 206 Å². The summed E-state index contributed by atoms with van der Waals surface area (Å²) in [6.45, 7) is 3.81. The molecule has 2 atom stereocenters. The number of methoxy groups -OCH3 is 1. The van der Waals surface area contributed by atoms with Gasteiger partial charge in [0.25, 0.3) is 0 Å². The van der Waals surface area contributed by atoms with E-state index in [-0.39, 0.29) is 0 Å². The Morgan fingerprint density at radius 2 is 1.82 bits per heavy atom. The quantitative estimate of drug-likeness (QED) is 0.417. The van der Waals surface area contributed by atoms with Gasteiger partial charge in [-0.15, -0.1) is 0 Å². The lowest BCUT2D eigenvalue weighted by Gasteiger charge is -2.35. The molecule has 1 aliphatic rings. The van der Waals surface area contributed by atoms with Gasteiger partial charge in [0.15, 0.2) is 0 Å². The van der Waals surface area contributed by atoms with Gasteiger partial charge in [-0.05, 0) is 47.7 Å². The minimum atomic E-state index is -0.838. The molecule has 184 valence electrons. The lowest BCUT2D eigenvalue weighted by atomic mass is 9.76. The van der Waals surface area contributed by atoms with Gasteiger partial charge in [-0.3, -0.25) is 0 Å². The van der Waals surface area contributed by atoms with Crippen LogP contribution in [-0.4, -0.2) is 25.2 Å². The summed E-state index contributed by atoms with van der Waals surface area (Å²) in [5, 5.41) is 3.26. The number of nitrogens with one attached hydrogen (secondary N) is 1. The van der Waals surface area contributed by atoms with Crippen molar-refractivity contribution < 1.29 is 23.5 Å². The number of rotatable bonds is 8. The van der Waals surface area contributed by atoms with Gasteiger partial charge >= 0.3 is 12.1 Å². The number of halogens is 2. The number of hydrogen-bond donors (Lipinski definition) is 1. The van der Waals surface area contributed by atoms with Crippen molar-refractivity contribution >= 4 is 23.7 Å². The van der Waals surface area contributed by atoms with Crippen LogP contribution in [0.3, 0.4) is 0 Å². The van der Waals surface area contributed by atoms with Crippen LogP contribution in [0.25, 0.3) is 0 Å². The van der Waals surface area contributed by atoms with Crippen LogP contribution < -0.4 is 5.32 Å². The second-order valence-corrected chi connectivity index (χ2v) is 9.97. The molecule has 0 aromatic heterocycles. The van der Waals surface area contributed by atoms with E-state index in [0.29, 0.717) is 22.9 Å². The van der Waals surface area contributed by atoms with Crippen molar-refractivity contribution in [3.05, 3.63) is 70.5 Å². The Bertz CT molecular complexity index is 990. The topological polar surface area (TPSA) is 64.6 Å². The molecule has 0 bridgehead atoms. The van der Waals surface area contributed by atoms with Crippen LogP contribution in [0.1, 0.15) is 69.6 Å². The second-order valence-electron chi connectivity index (χ2n) is 9.53. The fourth-order valence-electron chi connectivity index (χ4n) is 4.74. The van der Waals surface area contributed by atoms with Gasteiger partial charge < -0.3 is 14.8 Å². The summed E-state index contributed by atoms with van der Waals surface area (Å²) in [5.74, 6) is -0.586. The summed E-state index contributed by atoms with van der Waals surface area (Å²) in [6, 6.07) is 12.4. The van der Waals surface area contributed by atoms with Crippen molar-refractivity contribution in [3.63, 3.8) is 0 Å². The first-order valence-electron chi connectivity index (χ1n) is 11.8. The molecule has 2 aromatic carbocycles. The zero-order valence-electron chi connectivity index (χ0n) is 20.0. The summed E-state index contributed by atoms with van der Waals surface area (Å²) in [7, 11) is 1.31. The molecule has 5 nitrogen and oxygen atoms in total. The molecule has 0 spiro atoms. The highest BCUT2D eigenvalue weighted by Gasteiger charge is 2.37. The molecule has 7 heteroatoms. The van der Waals surface area contributed by atoms with E-state index in [4.69, 9.17) is 21.1 Å². The Morgan fingerprint density at radius 1 is 1.12 bits per heavy atom. The van der Waals surface area contributed by atoms with Crippen molar-refractivity contribution in [2.24, 2.45) is 5.92 Å². The first-order chi connectivity index (χ1) is 16.2. The number of benzene rings is 2. The van der Waals surface area contributed by atoms with E-state index in [1.54, 1.807) is 24.3 Å². The minimum absolute atomic E-state index is 0.347. The molecule has 0 heterocycles. The molecule has 3 rings (SSSR count). The van der Waals surface area contributed by atoms with Gasteiger partial charge in [0, 0.05) is 10.4 Å². The molecule has 1 unspecified atom stereocenters.